The molecule has 1 aliphatic heterocycles. The van der Waals surface area contributed by atoms with Gasteiger partial charge in [-0.3, -0.25) is 10.1 Å². The molecule has 1 fully saturated rings. The molecule has 0 aromatic heterocycles. The summed E-state index contributed by atoms with van der Waals surface area (Å²) in [6.07, 6.45) is -0.478. The summed E-state index contributed by atoms with van der Waals surface area (Å²) in [7, 11) is 1.29. The first kappa shape index (κ1) is 24.7. The van der Waals surface area contributed by atoms with Gasteiger partial charge in [0.2, 0.25) is 5.91 Å². The van der Waals surface area contributed by atoms with Gasteiger partial charge in [0.05, 0.1) is 19.2 Å². The highest BCUT2D eigenvalue weighted by Crippen LogP contribution is 2.25. The number of benzene rings is 1. The lowest BCUT2D eigenvalue weighted by Crippen LogP contribution is -2.65. The van der Waals surface area contributed by atoms with Gasteiger partial charge in [-0.25, -0.2) is 9.59 Å². The Hall–Kier alpha value is -2.61. The van der Waals surface area contributed by atoms with Crippen LogP contribution >= 0.6 is 0 Å². The van der Waals surface area contributed by atoms with Crippen LogP contribution in [0.25, 0.3) is 0 Å². The maximum atomic E-state index is 13.2. The summed E-state index contributed by atoms with van der Waals surface area (Å²) < 4.78 is 10.4. The van der Waals surface area contributed by atoms with Crippen molar-refractivity contribution in [3.05, 3.63) is 35.9 Å². The molecule has 0 aliphatic carbocycles. The molecule has 0 unspecified atom stereocenters. The Morgan fingerprint density at radius 2 is 1.77 bits per heavy atom. The number of ether oxygens (including phenoxy) is 2. The second-order valence-corrected chi connectivity index (χ2v) is 9.23. The van der Waals surface area contributed by atoms with Gasteiger partial charge in [0, 0.05) is 6.54 Å². The number of piperazine rings is 1. The summed E-state index contributed by atoms with van der Waals surface area (Å²) in [5.74, 6) is -1.02. The van der Waals surface area contributed by atoms with Gasteiger partial charge in [0.15, 0.2) is 0 Å². The number of nitrogens with one attached hydrogen (secondary N) is 2. The molecular formula is C23H35N3O5. The number of rotatable bonds is 5. The van der Waals surface area contributed by atoms with Gasteiger partial charge in [0.25, 0.3) is 0 Å². The molecule has 0 saturated carbocycles. The van der Waals surface area contributed by atoms with Crippen LogP contribution in [0.1, 0.15) is 53.1 Å². The molecule has 1 heterocycles. The van der Waals surface area contributed by atoms with Gasteiger partial charge in [-0.15, -0.1) is 0 Å². The average molecular weight is 434 g/mol. The van der Waals surface area contributed by atoms with Gasteiger partial charge in [-0.2, -0.15) is 0 Å². The minimum absolute atomic E-state index is 0.151. The first-order valence-electron chi connectivity index (χ1n) is 10.6. The lowest BCUT2D eigenvalue weighted by molar-refractivity contribution is -0.147. The number of hydrogen-bond acceptors (Lipinski definition) is 6. The van der Waals surface area contributed by atoms with Crippen molar-refractivity contribution in [1.82, 2.24) is 15.5 Å². The Balaban J connectivity index is 2.31. The van der Waals surface area contributed by atoms with Crippen LogP contribution in [-0.4, -0.2) is 60.3 Å². The first-order valence-corrected chi connectivity index (χ1v) is 10.6. The SMILES string of the molecule is COC(=O)[C@@H](NC(=O)[C@@H]1N[C@@H](c2ccccc2)CN(C(=O)OC(C)(C)C)[C@H]1C)C(C)C. The van der Waals surface area contributed by atoms with Crippen molar-refractivity contribution < 1.29 is 23.9 Å². The Bertz CT molecular complexity index is 775. The van der Waals surface area contributed by atoms with Crippen molar-refractivity contribution in [2.24, 2.45) is 5.92 Å². The molecule has 0 bridgehead atoms. The molecule has 2 N–H and O–H groups in total. The number of methoxy groups -OCH3 is 1. The van der Waals surface area contributed by atoms with Crippen LogP contribution < -0.4 is 10.6 Å². The predicted octanol–water partition coefficient (Wildman–Crippen LogP) is 2.64. The number of hydrogen-bond donors (Lipinski definition) is 2. The second kappa shape index (κ2) is 10.1. The fraction of sp³-hybridized carbons (Fsp3) is 0.609. The molecule has 8 heteroatoms. The molecule has 8 nitrogen and oxygen atoms in total. The van der Waals surface area contributed by atoms with Crippen LogP contribution in [0, 0.1) is 5.92 Å². The van der Waals surface area contributed by atoms with Gasteiger partial charge < -0.3 is 19.7 Å². The molecule has 2 amide bonds. The van der Waals surface area contributed by atoms with Gasteiger partial charge >= 0.3 is 12.1 Å². The van der Waals surface area contributed by atoms with Crippen LogP contribution in [0.2, 0.25) is 0 Å². The van der Waals surface area contributed by atoms with Crippen molar-refractivity contribution in [1.29, 1.82) is 0 Å². The fourth-order valence-electron chi connectivity index (χ4n) is 3.56. The zero-order valence-corrected chi connectivity index (χ0v) is 19.5. The van der Waals surface area contributed by atoms with Gasteiger partial charge in [-0.1, -0.05) is 44.2 Å². The lowest BCUT2D eigenvalue weighted by Gasteiger charge is -2.44. The van der Waals surface area contributed by atoms with Crippen molar-refractivity contribution in [3.8, 4) is 0 Å². The lowest BCUT2D eigenvalue weighted by atomic mass is 9.95. The van der Waals surface area contributed by atoms with Crippen LogP contribution in [0.5, 0.6) is 0 Å². The molecule has 2 rings (SSSR count). The van der Waals surface area contributed by atoms with Crippen molar-refractivity contribution in [2.45, 2.75) is 71.3 Å². The number of nitrogens with zero attached hydrogens (tertiary/aromatic N) is 1. The molecule has 0 spiro atoms. The van der Waals surface area contributed by atoms with Crippen molar-refractivity contribution >= 4 is 18.0 Å². The highest BCUT2D eigenvalue weighted by Gasteiger charge is 2.42. The van der Waals surface area contributed by atoms with E-state index in [2.05, 4.69) is 10.6 Å². The summed E-state index contributed by atoms with van der Waals surface area (Å²) in [4.78, 5) is 39.8. The third kappa shape index (κ3) is 6.43. The Labute approximate surface area is 184 Å². The highest BCUT2D eigenvalue weighted by atomic mass is 16.6. The number of esters is 1. The Morgan fingerprint density at radius 3 is 2.29 bits per heavy atom. The normalized spacial score (nSPS) is 22.6. The van der Waals surface area contributed by atoms with E-state index in [1.54, 1.807) is 32.6 Å². The number of carbonyl (C=O) groups excluding carboxylic acids is 3. The van der Waals surface area contributed by atoms with Crippen LogP contribution in [0.4, 0.5) is 4.79 Å². The summed E-state index contributed by atoms with van der Waals surface area (Å²) in [6, 6.07) is 7.35. The summed E-state index contributed by atoms with van der Waals surface area (Å²) in [5, 5.41) is 6.15. The van der Waals surface area contributed by atoms with E-state index in [4.69, 9.17) is 9.47 Å². The summed E-state index contributed by atoms with van der Waals surface area (Å²) in [5.41, 5.74) is 0.295. The van der Waals surface area contributed by atoms with E-state index in [9.17, 15) is 14.4 Å². The zero-order valence-electron chi connectivity index (χ0n) is 19.5. The van der Waals surface area contributed by atoms with Crippen LogP contribution in [0.3, 0.4) is 0 Å². The minimum Gasteiger partial charge on any atom is -0.467 e. The van der Waals surface area contributed by atoms with E-state index >= 15 is 0 Å². The molecule has 1 aliphatic rings. The Kier molecular flexibility index (Phi) is 8.06. The largest absolute Gasteiger partial charge is 0.467 e. The molecule has 172 valence electrons. The minimum atomic E-state index is -0.779. The van der Waals surface area contributed by atoms with E-state index in [1.165, 1.54) is 7.11 Å². The van der Waals surface area contributed by atoms with E-state index in [0.29, 0.717) is 6.54 Å². The molecule has 1 saturated heterocycles. The van der Waals surface area contributed by atoms with E-state index < -0.39 is 35.8 Å². The zero-order chi connectivity index (χ0) is 23.3. The van der Waals surface area contributed by atoms with E-state index in [0.717, 1.165) is 5.56 Å². The standard InChI is InChI=1S/C23H35N3O5/c1-14(2)18(21(28)30-7)25-20(27)19-15(3)26(22(29)31-23(4,5)6)13-17(24-19)16-11-9-8-10-12-16/h8-12,14-15,17-19,24H,13H2,1-7H3,(H,25,27)/t15-,17+,18-,19+/m0/s1. The second-order valence-electron chi connectivity index (χ2n) is 9.23. The fourth-order valence-corrected chi connectivity index (χ4v) is 3.56. The number of amides is 2. The summed E-state index contributed by atoms with van der Waals surface area (Å²) in [6.45, 7) is 11.2. The maximum Gasteiger partial charge on any atom is 0.410 e. The third-order valence-electron chi connectivity index (χ3n) is 5.27. The topological polar surface area (TPSA) is 97.0 Å². The summed E-state index contributed by atoms with van der Waals surface area (Å²) >= 11 is 0. The third-order valence-corrected chi connectivity index (χ3v) is 5.27. The maximum absolute atomic E-state index is 13.2. The first-order chi connectivity index (χ1) is 14.4. The average Bonchev–Trinajstić information content (AvgIpc) is 2.70. The van der Waals surface area contributed by atoms with E-state index in [-0.39, 0.29) is 17.9 Å². The quantitative estimate of drug-likeness (QED) is 0.693. The Morgan fingerprint density at radius 1 is 1.16 bits per heavy atom. The molecule has 4 atom stereocenters. The molecule has 1 aromatic carbocycles. The van der Waals surface area contributed by atoms with E-state index in [1.807, 2.05) is 44.2 Å². The van der Waals surface area contributed by atoms with Gasteiger partial charge in [0.1, 0.15) is 17.7 Å². The molecule has 1 aromatic rings. The molecule has 31 heavy (non-hydrogen) atoms. The molecular weight excluding hydrogens is 398 g/mol. The smallest absolute Gasteiger partial charge is 0.410 e. The monoisotopic (exact) mass is 433 g/mol. The molecule has 0 radical (unpaired) electrons. The van der Waals surface area contributed by atoms with Crippen LogP contribution in [-0.2, 0) is 19.1 Å². The van der Waals surface area contributed by atoms with Crippen LogP contribution in [0.15, 0.2) is 30.3 Å². The van der Waals surface area contributed by atoms with Crippen molar-refractivity contribution in [2.75, 3.05) is 13.7 Å². The predicted molar refractivity (Wildman–Crippen MR) is 117 cm³/mol. The van der Waals surface area contributed by atoms with Gasteiger partial charge in [-0.05, 0) is 39.2 Å². The van der Waals surface area contributed by atoms with Crippen molar-refractivity contribution in [3.63, 3.8) is 0 Å². The highest BCUT2D eigenvalue weighted by molar-refractivity contribution is 5.88. The number of carbonyl (C=O) groups is 3.